The number of carbonyl (C=O) groups excluding carboxylic acids is 1. The molecule has 0 fully saturated rings. The lowest BCUT2D eigenvalue weighted by atomic mass is 9.94. The Morgan fingerprint density at radius 3 is 2.38 bits per heavy atom. The number of para-hydroxylation sites is 1. The van der Waals surface area contributed by atoms with Gasteiger partial charge in [0.25, 0.3) is 0 Å². The van der Waals surface area contributed by atoms with Gasteiger partial charge in [-0.25, -0.2) is 0 Å². The molecule has 0 saturated heterocycles. The van der Waals surface area contributed by atoms with Gasteiger partial charge in [0, 0.05) is 18.1 Å². The first-order chi connectivity index (χ1) is 16.1. The molecule has 0 aliphatic rings. The molecule has 0 spiro atoms. The number of halogens is 1. The Labute approximate surface area is 213 Å². The van der Waals surface area contributed by atoms with Gasteiger partial charge in [-0.1, -0.05) is 77.0 Å². The standard InChI is InChI=1S/C28H46N4O.ClH/c1-3-5-7-13-21-32(22-23-18-20-31-26-16-10-9-14-24(23)26)27(17-8-6-4-2)28(33)25(30)15-11-12-19-29;/h9-10,14,16,18,20,25,27H,3-8,11-13,15,17,19,21-22,29-30H2,1-2H3;1H/t25-,27?;/m0./s1. The number of unbranched alkanes of at least 4 members (excludes halogenated alkanes) is 6. The fraction of sp³-hybridized carbons (Fsp3) is 0.643. The molecule has 0 bridgehead atoms. The van der Waals surface area contributed by atoms with E-state index in [1.54, 1.807) is 0 Å². The van der Waals surface area contributed by atoms with Crippen molar-refractivity contribution in [2.45, 2.75) is 103 Å². The van der Waals surface area contributed by atoms with Crippen LogP contribution in [0.4, 0.5) is 0 Å². The van der Waals surface area contributed by atoms with Crippen molar-refractivity contribution in [2.24, 2.45) is 11.5 Å². The average Bonchev–Trinajstić information content (AvgIpc) is 2.84. The highest BCUT2D eigenvalue weighted by molar-refractivity contribution is 5.89. The monoisotopic (exact) mass is 490 g/mol. The Balaban J connectivity index is 0.00000578. The van der Waals surface area contributed by atoms with Gasteiger partial charge >= 0.3 is 0 Å². The summed E-state index contributed by atoms with van der Waals surface area (Å²) in [5, 5.41) is 1.17. The topological polar surface area (TPSA) is 85.2 Å². The van der Waals surface area contributed by atoms with Gasteiger partial charge < -0.3 is 11.5 Å². The number of carbonyl (C=O) groups is 1. The summed E-state index contributed by atoms with van der Waals surface area (Å²) in [4.78, 5) is 20.6. The van der Waals surface area contributed by atoms with Crippen molar-refractivity contribution in [3.05, 3.63) is 42.1 Å². The van der Waals surface area contributed by atoms with Crippen molar-refractivity contribution in [1.29, 1.82) is 0 Å². The van der Waals surface area contributed by atoms with E-state index in [9.17, 15) is 4.79 Å². The summed E-state index contributed by atoms with van der Waals surface area (Å²) >= 11 is 0. The number of hydrogen-bond acceptors (Lipinski definition) is 5. The molecule has 0 saturated carbocycles. The molecule has 1 aromatic heterocycles. The summed E-state index contributed by atoms with van der Waals surface area (Å²) < 4.78 is 0. The molecule has 1 unspecified atom stereocenters. The number of Topliss-reactive ketones (excluding diaryl/α,β-unsaturated/α-hetero) is 1. The Morgan fingerprint density at radius 2 is 1.65 bits per heavy atom. The van der Waals surface area contributed by atoms with Crippen LogP contribution in [0.1, 0.15) is 90.0 Å². The zero-order valence-corrected chi connectivity index (χ0v) is 22.2. The van der Waals surface area contributed by atoms with Gasteiger partial charge in [-0.05, 0) is 56.5 Å². The third-order valence-corrected chi connectivity index (χ3v) is 6.60. The van der Waals surface area contributed by atoms with Gasteiger partial charge in [-0.3, -0.25) is 14.7 Å². The van der Waals surface area contributed by atoms with Crippen LogP contribution in [0.5, 0.6) is 0 Å². The zero-order valence-electron chi connectivity index (χ0n) is 21.4. The smallest absolute Gasteiger partial charge is 0.166 e. The second-order valence-corrected chi connectivity index (χ2v) is 9.32. The number of fused-ring (bicyclic) bond motifs is 1. The van der Waals surface area contributed by atoms with Gasteiger partial charge in [0.2, 0.25) is 0 Å². The van der Waals surface area contributed by atoms with Crippen molar-refractivity contribution in [3.8, 4) is 0 Å². The maximum Gasteiger partial charge on any atom is 0.166 e. The first-order valence-corrected chi connectivity index (χ1v) is 13.2. The van der Waals surface area contributed by atoms with Crippen molar-refractivity contribution >= 4 is 29.1 Å². The number of aromatic nitrogens is 1. The normalized spacial score (nSPS) is 13.1. The first-order valence-electron chi connectivity index (χ1n) is 13.2. The number of ketones is 1. The molecule has 6 heteroatoms. The molecule has 5 nitrogen and oxygen atoms in total. The number of pyridine rings is 1. The van der Waals surface area contributed by atoms with E-state index < -0.39 is 6.04 Å². The largest absolute Gasteiger partial charge is 0.330 e. The predicted octanol–water partition coefficient (Wildman–Crippen LogP) is 6.01. The summed E-state index contributed by atoms with van der Waals surface area (Å²) in [6.45, 7) is 6.78. The van der Waals surface area contributed by atoms with Crippen molar-refractivity contribution in [3.63, 3.8) is 0 Å². The van der Waals surface area contributed by atoms with E-state index in [1.165, 1.54) is 30.2 Å². The summed E-state index contributed by atoms with van der Waals surface area (Å²) in [6, 6.07) is 9.86. The summed E-state index contributed by atoms with van der Waals surface area (Å²) in [6.07, 6.45) is 13.4. The lowest BCUT2D eigenvalue weighted by Gasteiger charge is -2.33. The molecule has 0 aliphatic heterocycles. The lowest BCUT2D eigenvalue weighted by molar-refractivity contribution is -0.126. The highest BCUT2D eigenvalue weighted by Gasteiger charge is 2.29. The quantitative estimate of drug-likeness (QED) is 0.250. The van der Waals surface area contributed by atoms with Crippen LogP contribution in [0.2, 0.25) is 0 Å². The van der Waals surface area contributed by atoms with Gasteiger partial charge in [-0.2, -0.15) is 0 Å². The molecule has 0 radical (unpaired) electrons. The van der Waals surface area contributed by atoms with Crippen molar-refractivity contribution < 1.29 is 4.79 Å². The van der Waals surface area contributed by atoms with E-state index in [2.05, 4.69) is 48.0 Å². The van der Waals surface area contributed by atoms with E-state index in [0.717, 1.165) is 70.0 Å². The molecule has 0 aliphatic carbocycles. The fourth-order valence-corrected chi connectivity index (χ4v) is 4.59. The van der Waals surface area contributed by atoms with Crippen LogP contribution in [0.15, 0.2) is 36.5 Å². The Hall–Kier alpha value is -1.53. The molecule has 1 aromatic carbocycles. The lowest BCUT2D eigenvalue weighted by Crippen LogP contribution is -2.48. The summed E-state index contributed by atoms with van der Waals surface area (Å²) in [5.41, 5.74) is 14.3. The fourth-order valence-electron chi connectivity index (χ4n) is 4.59. The van der Waals surface area contributed by atoms with Crippen molar-refractivity contribution in [2.75, 3.05) is 13.1 Å². The van der Waals surface area contributed by atoms with Crippen LogP contribution >= 0.6 is 12.4 Å². The number of benzene rings is 1. The molecule has 1 heterocycles. The van der Waals surface area contributed by atoms with Crippen LogP contribution in [0.3, 0.4) is 0 Å². The molecule has 2 rings (SSSR count). The SMILES string of the molecule is CCCCCCN(Cc1ccnc2ccccc12)C(CCCCC)C(=O)[C@@H](N)CCCCN.Cl. The number of nitrogens with zero attached hydrogens (tertiary/aromatic N) is 2. The highest BCUT2D eigenvalue weighted by Crippen LogP contribution is 2.23. The van der Waals surface area contributed by atoms with E-state index in [0.29, 0.717) is 6.54 Å². The molecular weight excluding hydrogens is 444 g/mol. The minimum Gasteiger partial charge on any atom is -0.330 e. The van der Waals surface area contributed by atoms with Crippen LogP contribution in [-0.4, -0.2) is 40.8 Å². The van der Waals surface area contributed by atoms with Crippen LogP contribution in [0.25, 0.3) is 10.9 Å². The number of hydrogen-bond donors (Lipinski definition) is 2. The second-order valence-electron chi connectivity index (χ2n) is 9.32. The van der Waals surface area contributed by atoms with Gasteiger partial charge in [0.1, 0.15) is 0 Å². The van der Waals surface area contributed by atoms with E-state index in [-0.39, 0.29) is 24.2 Å². The van der Waals surface area contributed by atoms with E-state index >= 15 is 0 Å². The second kappa shape index (κ2) is 17.8. The molecule has 192 valence electrons. The Kier molecular flexibility index (Phi) is 16.0. The van der Waals surface area contributed by atoms with E-state index in [1.807, 2.05) is 12.3 Å². The van der Waals surface area contributed by atoms with Crippen LogP contribution < -0.4 is 11.5 Å². The third-order valence-electron chi connectivity index (χ3n) is 6.60. The first kappa shape index (κ1) is 30.5. The Morgan fingerprint density at radius 1 is 0.941 bits per heavy atom. The summed E-state index contributed by atoms with van der Waals surface area (Å²) in [7, 11) is 0. The number of nitrogens with two attached hydrogens (primary N) is 2. The summed E-state index contributed by atoms with van der Waals surface area (Å²) in [5.74, 6) is 0.206. The van der Waals surface area contributed by atoms with Crippen LogP contribution in [0, 0.1) is 0 Å². The van der Waals surface area contributed by atoms with Gasteiger partial charge in [0.05, 0.1) is 17.6 Å². The number of rotatable bonds is 18. The molecular formula is C28H47ClN4O. The minimum absolute atomic E-state index is 0. The maximum atomic E-state index is 13.6. The molecule has 4 N–H and O–H groups in total. The third kappa shape index (κ3) is 9.99. The average molecular weight is 491 g/mol. The van der Waals surface area contributed by atoms with Crippen molar-refractivity contribution in [1.82, 2.24) is 9.88 Å². The van der Waals surface area contributed by atoms with E-state index in [4.69, 9.17) is 11.5 Å². The molecule has 2 atom stereocenters. The molecule has 0 amide bonds. The molecule has 34 heavy (non-hydrogen) atoms. The van der Waals surface area contributed by atoms with Gasteiger partial charge in [0.15, 0.2) is 5.78 Å². The predicted molar refractivity (Wildman–Crippen MR) is 147 cm³/mol. The molecule has 2 aromatic rings. The maximum absolute atomic E-state index is 13.6. The van der Waals surface area contributed by atoms with Gasteiger partial charge in [-0.15, -0.1) is 12.4 Å². The Bertz CT molecular complexity index is 811. The minimum atomic E-state index is -0.407. The highest BCUT2D eigenvalue weighted by atomic mass is 35.5. The van der Waals surface area contributed by atoms with Crippen LogP contribution in [-0.2, 0) is 11.3 Å². The zero-order chi connectivity index (χ0) is 23.9.